The average Bonchev–Trinajstić information content (AvgIpc) is 2.79. The molecule has 1 aromatic carbocycles. The fourth-order valence-corrected chi connectivity index (χ4v) is 1.71. The van der Waals surface area contributed by atoms with Crippen LogP contribution in [0.15, 0.2) is 30.6 Å². The molecule has 2 rings (SSSR count). The molecule has 0 unspecified atom stereocenters. The van der Waals surface area contributed by atoms with E-state index >= 15 is 0 Å². The second kappa shape index (κ2) is 4.87. The quantitative estimate of drug-likeness (QED) is 0.665. The first-order valence-corrected chi connectivity index (χ1v) is 5.65. The number of hydrogen-bond acceptors (Lipinski definition) is 4. The lowest BCUT2D eigenvalue weighted by Gasteiger charge is -2.07. The Morgan fingerprint density at radius 3 is 2.89 bits per heavy atom. The Morgan fingerprint density at radius 1 is 1.50 bits per heavy atom. The van der Waals surface area contributed by atoms with Crippen molar-refractivity contribution in [2.45, 2.75) is 20.4 Å². The predicted molar refractivity (Wildman–Crippen MR) is 69.0 cm³/mol. The maximum atomic E-state index is 10.8. The third-order valence-corrected chi connectivity index (χ3v) is 2.74. The van der Waals surface area contributed by atoms with Crippen molar-refractivity contribution in [1.82, 2.24) is 9.78 Å². The number of benzene rings is 1. The van der Waals surface area contributed by atoms with Crippen LogP contribution in [0.4, 0.5) is 17.1 Å². The molecule has 0 aliphatic carbocycles. The maximum Gasteiger partial charge on any atom is 0.274 e. The van der Waals surface area contributed by atoms with E-state index in [1.165, 1.54) is 6.07 Å². The summed E-state index contributed by atoms with van der Waals surface area (Å²) < 4.78 is 1.79. The van der Waals surface area contributed by atoms with Crippen LogP contribution in [0.2, 0.25) is 0 Å². The summed E-state index contributed by atoms with van der Waals surface area (Å²) >= 11 is 0. The van der Waals surface area contributed by atoms with E-state index in [9.17, 15) is 10.1 Å². The fraction of sp³-hybridized carbons (Fsp3) is 0.250. The molecule has 94 valence electrons. The number of nitro benzene ring substituents is 1. The molecule has 0 fully saturated rings. The summed E-state index contributed by atoms with van der Waals surface area (Å²) in [6.07, 6.45) is 3.56. The Kier molecular flexibility index (Phi) is 3.27. The van der Waals surface area contributed by atoms with Gasteiger partial charge in [0.05, 0.1) is 22.4 Å². The summed E-state index contributed by atoms with van der Waals surface area (Å²) in [6.45, 7) is 4.51. The number of hydrogen-bond donors (Lipinski definition) is 1. The summed E-state index contributed by atoms with van der Waals surface area (Å²) in [5.41, 5.74) is 2.27. The van der Waals surface area contributed by atoms with Crippen LogP contribution in [0.3, 0.4) is 0 Å². The van der Waals surface area contributed by atoms with Crippen LogP contribution in [0.25, 0.3) is 0 Å². The van der Waals surface area contributed by atoms with Crippen LogP contribution in [-0.4, -0.2) is 14.7 Å². The minimum Gasteiger partial charge on any atom is -0.353 e. The molecule has 0 aliphatic heterocycles. The minimum atomic E-state index is -0.379. The zero-order chi connectivity index (χ0) is 13.1. The van der Waals surface area contributed by atoms with E-state index in [0.29, 0.717) is 5.56 Å². The number of aryl methyl sites for hydroxylation is 1. The van der Waals surface area contributed by atoms with Crippen molar-refractivity contribution in [3.63, 3.8) is 0 Å². The summed E-state index contributed by atoms with van der Waals surface area (Å²) in [7, 11) is 0. The van der Waals surface area contributed by atoms with Gasteiger partial charge in [-0.1, -0.05) is 6.07 Å². The van der Waals surface area contributed by atoms with Gasteiger partial charge in [-0.05, 0) is 19.9 Å². The van der Waals surface area contributed by atoms with E-state index < -0.39 is 0 Å². The van der Waals surface area contributed by atoms with Gasteiger partial charge in [-0.15, -0.1) is 0 Å². The molecular formula is C12H14N4O2. The molecule has 2 aromatic rings. The highest BCUT2D eigenvalue weighted by molar-refractivity contribution is 5.66. The van der Waals surface area contributed by atoms with Gasteiger partial charge in [-0.25, -0.2) is 0 Å². The highest BCUT2D eigenvalue weighted by atomic mass is 16.6. The molecule has 18 heavy (non-hydrogen) atoms. The van der Waals surface area contributed by atoms with Crippen LogP contribution in [0, 0.1) is 17.0 Å². The van der Waals surface area contributed by atoms with Crippen molar-refractivity contribution in [2.75, 3.05) is 5.32 Å². The monoisotopic (exact) mass is 246 g/mol. The molecule has 6 nitrogen and oxygen atoms in total. The van der Waals surface area contributed by atoms with E-state index in [4.69, 9.17) is 0 Å². The lowest BCUT2D eigenvalue weighted by atomic mass is 10.1. The maximum absolute atomic E-state index is 10.8. The molecule has 0 aliphatic rings. The van der Waals surface area contributed by atoms with Crippen LogP contribution in [0.1, 0.15) is 12.5 Å². The highest BCUT2D eigenvalue weighted by Gasteiger charge is 2.13. The zero-order valence-electron chi connectivity index (χ0n) is 10.3. The standard InChI is InChI=1S/C12H14N4O2/c1-3-15-8-10(7-13-15)14-11-5-4-6-12(9(11)2)16(17)18/h4-8,14H,3H2,1-2H3. The van der Waals surface area contributed by atoms with Gasteiger partial charge in [0.2, 0.25) is 0 Å². The van der Waals surface area contributed by atoms with E-state index in [-0.39, 0.29) is 10.6 Å². The van der Waals surface area contributed by atoms with Crippen LogP contribution < -0.4 is 5.32 Å². The number of anilines is 2. The molecule has 0 saturated heterocycles. The second-order valence-corrected chi connectivity index (χ2v) is 3.92. The van der Waals surface area contributed by atoms with Gasteiger partial charge in [-0.3, -0.25) is 14.8 Å². The second-order valence-electron chi connectivity index (χ2n) is 3.92. The Balaban J connectivity index is 2.29. The summed E-state index contributed by atoms with van der Waals surface area (Å²) in [4.78, 5) is 10.5. The largest absolute Gasteiger partial charge is 0.353 e. The predicted octanol–water partition coefficient (Wildman–Crippen LogP) is 2.86. The van der Waals surface area contributed by atoms with E-state index in [1.54, 1.807) is 23.9 Å². The Morgan fingerprint density at radius 2 is 2.28 bits per heavy atom. The Labute approximate surface area is 104 Å². The van der Waals surface area contributed by atoms with Crippen molar-refractivity contribution in [1.29, 1.82) is 0 Å². The molecule has 1 N–H and O–H groups in total. The lowest BCUT2D eigenvalue weighted by Crippen LogP contribution is -1.97. The van der Waals surface area contributed by atoms with Gasteiger partial charge >= 0.3 is 0 Å². The third kappa shape index (κ3) is 2.32. The van der Waals surface area contributed by atoms with E-state index in [0.717, 1.165) is 17.9 Å². The number of nitro groups is 1. The third-order valence-electron chi connectivity index (χ3n) is 2.74. The van der Waals surface area contributed by atoms with Crippen molar-refractivity contribution >= 4 is 17.1 Å². The fourth-order valence-electron chi connectivity index (χ4n) is 1.71. The van der Waals surface area contributed by atoms with Crippen LogP contribution >= 0.6 is 0 Å². The number of rotatable bonds is 4. The van der Waals surface area contributed by atoms with Gasteiger partial charge in [0.15, 0.2) is 0 Å². The first kappa shape index (κ1) is 12.1. The van der Waals surface area contributed by atoms with Crippen molar-refractivity contribution in [2.24, 2.45) is 0 Å². The van der Waals surface area contributed by atoms with Crippen LogP contribution in [-0.2, 0) is 6.54 Å². The summed E-state index contributed by atoms with van der Waals surface area (Å²) in [5, 5.41) is 18.1. The molecule has 0 amide bonds. The summed E-state index contributed by atoms with van der Waals surface area (Å²) in [5.74, 6) is 0. The molecule has 6 heteroatoms. The molecule has 0 saturated carbocycles. The van der Waals surface area contributed by atoms with E-state index in [2.05, 4.69) is 10.4 Å². The molecule has 0 atom stereocenters. The van der Waals surface area contributed by atoms with Crippen molar-refractivity contribution in [3.8, 4) is 0 Å². The normalized spacial score (nSPS) is 10.3. The molecule has 1 aromatic heterocycles. The van der Waals surface area contributed by atoms with Gasteiger partial charge in [-0.2, -0.15) is 5.10 Å². The van der Waals surface area contributed by atoms with Crippen LogP contribution in [0.5, 0.6) is 0 Å². The number of nitrogens with one attached hydrogen (secondary N) is 1. The number of aromatic nitrogens is 2. The van der Waals surface area contributed by atoms with Crippen molar-refractivity contribution in [3.05, 3.63) is 46.3 Å². The highest BCUT2D eigenvalue weighted by Crippen LogP contribution is 2.27. The molecular weight excluding hydrogens is 232 g/mol. The van der Waals surface area contributed by atoms with Gasteiger partial charge < -0.3 is 5.32 Å². The van der Waals surface area contributed by atoms with Gasteiger partial charge in [0, 0.05) is 24.5 Å². The lowest BCUT2D eigenvalue weighted by molar-refractivity contribution is -0.385. The molecule has 0 bridgehead atoms. The van der Waals surface area contributed by atoms with Crippen molar-refractivity contribution < 1.29 is 4.92 Å². The topological polar surface area (TPSA) is 73.0 Å². The molecule has 0 radical (unpaired) electrons. The smallest absolute Gasteiger partial charge is 0.274 e. The number of nitrogens with zero attached hydrogens (tertiary/aromatic N) is 3. The SMILES string of the molecule is CCn1cc(Nc2cccc([N+](=O)[O-])c2C)cn1. The van der Waals surface area contributed by atoms with Gasteiger partial charge in [0.1, 0.15) is 0 Å². The minimum absolute atomic E-state index is 0.114. The first-order valence-electron chi connectivity index (χ1n) is 5.65. The van der Waals surface area contributed by atoms with Gasteiger partial charge in [0.25, 0.3) is 5.69 Å². The zero-order valence-corrected chi connectivity index (χ0v) is 10.3. The van der Waals surface area contributed by atoms with E-state index in [1.807, 2.05) is 19.2 Å². The average molecular weight is 246 g/mol. The summed E-state index contributed by atoms with van der Waals surface area (Å²) in [6, 6.07) is 4.97. The Bertz CT molecular complexity index is 577. The molecule has 1 heterocycles. The first-order chi connectivity index (χ1) is 8.61. The Hall–Kier alpha value is -2.37. The molecule has 0 spiro atoms.